The van der Waals surface area contributed by atoms with E-state index in [9.17, 15) is 4.79 Å². The van der Waals surface area contributed by atoms with E-state index in [1.165, 1.54) is 5.69 Å². The number of likely N-dealkylation sites (N-methyl/N-ethyl adjacent to an activating group) is 1. The molecule has 9 nitrogen and oxygen atoms in total. The van der Waals surface area contributed by atoms with Gasteiger partial charge in [-0.15, -0.1) is 0 Å². The van der Waals surface area contributed by atoms with Crippen molar-refractivity contribution in [2.45, 2.75) is 0 Å². The summed E-state index contributed by atoms with van der Waals surface area (Å²) in [5.74, 6) is 0.870. The lowest BCUT2D eigenvalue weighted by Crippen LogP contribution is -2.44. The number of anilines is 3. The van der Waals surface area contributed by atoms with E-state index >= 15 is 0 Å². The summed E-state index contributed by atoms with van der Waals surface area (Å²) in [4.78, 5) is 32.6. The standard InChI is InChI=1S/C29H25ClN8O/c1-35-14-16-36(17-15-35)21-12-8-20(9-13-21)32-28-31-18-23-26(34-28)38-25-5-3-2-4-24(25)33-29(38)37(27(23)39)22-10-6-19(30)7-11-22/h2-13,18H,14-17H2,1H3,(H,31,32,34). The Morgan fingerprint density at radius 1 is 0.846 bits per heavy atom. The molecule has 0 amide bonds. The average Bonchev–Trinajstić information content (AvgIpc) is 3.34. The zero-order valence-corrected chi connectivity index (χ0v) is 22.0. The van der Waals surface area contributed by atoms with E-state index in [1.807, 2.05) is 40.8 Å². The Labute approximate surface area is 228 Å². The Balaban J connectivity index is 1.32. The van der Waals surface area contributed by atoms with Crippen molar-refractivity contribution < 1.29 is 0 Å². The van der Waals surface area contributed by atoms with Crippen molar-refractivity contribution in [1.29, 1.82) is 0 Å². The van der Waals surface area contributed by atoms with Gasteiger partial charge in [-0.05, 0) is 67.7 Å². The maximum atomic E-state index is 13.8. The maximum Gasteiger partial charge on any atom is 0.270 e. The van der Waals surface area contributed by atoms with E-state index in [2.05, 4.69) is 39.3 Å². The third-order valence-corrected chi connectivity index (χ3v) is 7.49. The molecule has 1 aliphatic rings. The topological polar surface area (TPSA) is 83.6 Å². The lowest BCUT2D eigenvalue weighted by atomic mass is 10.2. The molecule has 0 atom stereocenters. The molecule has 1 fully saturated rings. The van der Waals surface area contributed by atoms with Crippen LogP contribution in [0.5, 0.6) is 0 Å². The van der Waals surface area contributed by atoms with Crippen LogP contribution >= 0.6 is 11.6 Å². The third-order valence-electron chi connectivity index (χ3n) is 7.23. The second-order valence-corrected chi connectivity index (χ2v) is 10.2. The summed E-state index contributed by atoms with van der Waals surface area (Å²) >= 11 is 6.11. The van der Waals surface area contributed by atoms with E-state index < -0.39 is 0 Å². The molecule has 39 heavy (non-hydrogen) atoms. The first-order chi connectivity index (χ1) is 19.0. The summed E-state index contributed by atoms with van der Waals surface area (Å²) in [7, 11) is 2.15. The average molecular weight is 537 g/mol. The molecule has 1 saturated heterocycles. The van der Waals surface area contributed by atoms with E-state index in [0.717, 1.165) is 42.9 Å². The SMILES string of the molecule is CN1CCN(c2ccc(Nc3ncc4c(=O)n(-c5ccc(Cl)cc5)c5nc6ccccc6n5c4n3)cc2)CC1. The second kappa shape index (κ2) is 9.37. The maximum absolute atomic E-state index is 13.8. The van der Waals surface area contributed by atoms with Gasteiger partial charge in [-0.25, -0.2) is 14.5 Å². The number of rotatable bonds is 4. The zero-order valence-electron chi connectivity index (χ0n) is 21.3. The van der Waals surface area contributed by atoms with Gasteiger partial charge in [0.05, 0.1) is 16.7 Å². The van der Waals surface area contributed by atoms with Crippen molar-refractivity contribution >= 4 is 56.8 Å². The van der Waals surface area contributed by atoms with Gasteiger partial charge >= 0.3 is 0 Å². The number of nitrogens with one attached hydrogen (secondary N) is 1. The van der Waals surface area contributed by atoms with Gasteiger partial charge in [0.1, 0.15) is 5.39 Å². The number of aromatic nitrogens is 5. The number of halogens is 1. The molecule has 6 aromatic rings. The molecule has 0 spiro atoms. The van der Waals surface area contributed by atoms with Crippen molar-refractivity contribution in [2.75, 3.05) is 43.4 Å². The number of imidazole rings is 1. The number of fused-ring (bicyclic) bond motifs is 5. The van der Waals surface area contributed by atoms with Gasteiger partial charge in [0.15, 0.2) is 5.65 Å². The van der Waals surface area contributed by atoms with Gasteiger partial charge in [-0.3, -0.25) is 9.20 Å². The van der Waals surface area contributed by atoms with Crippen LogP contribution in [-0.4, -0.2) is 62.0 Å². The molecule has 1 N–H and O–H groups in total. The molecule has 0 bridgehead atoms. The van der Waals surface area contributed by atoms with Crippen LogP contribution in [0.3, 0.4) is 0 Å². The van der Waals surface area contributed by atoms with Crippen LogP contribution in [-0.2, 0) is 0 Å². The lowest BCUT2D eigenvalue weighted by Gasteiger charge is -2.34. The van der Waals surface area contributed by atoms with Crippen LogP contribution in [0.1, 0.15) is 0 Å². The Morgan fingerprint density at radius 3 is 2.33 bits per heavy atom. The fourth-order valence-corrected chi connectivity index (χ4v) is 5.24. The van der Waals surface area contributed by atoms with Crippen molar-refractivity contribution in [3.05, 3.63) is 94.4 Å². The smallest absolute Gasteiger partial charge is 0.270 e. The van der Waals surface area contributed by atoms with E-state index in [-0.39, 0.29) is 5.56 Å². The van der Waals surface area contributed by atoms with Crippen molar-refractivity contribution in [1.82, 2.24) is 28.8 Å². The molecule has 7 rings (SSSR count). The molecule has 4 heterocycles. The molecule has 3 aromatic heterocycles. The predicted octanol–water partition coefficient (Wildman–Crippen LogP) is 4.73. The highest BCUT2D eigenvalue weighted by molar-refractivity contribution is 6.30. The third kappa shape index (κ3) is 4.16. The van der Waals surface area contributed by atoms with Gasteiger partial charge in [-0.2, -0.15) is 4.98 Å². The van der Waals surface area contributed by atoms with Crippen LogP contribution in [0, 0.1) is 0 Å². The Kier molecular flexibility index (Phi) is 5.68. The number of hydrogen-bond donors (Lipinski definition) is 1. The summed E-state index contributed by atoms with van der Waals surface area (Å²) in [5, 5.41) is 4.28. The fourth-order valence-electron chi connectivity index (χ4n) is 5.11. The summed E-state index contributed by atoms with van der Waals surface area (Å²) < 4.78 is 3.48. The first kappa shape index (κ1) is 23.6. The monoisotopic (exact) mass is 536 g/mol. The summed E-state index contributed by atoms with van der Waals surface area (Å²) in [6, 6.07) is 23.2. The highest BCUT2D eigenvalue weighted by Crippen LogP contribution is 2.25. The number of benzene rings is 3. The van der Waals surface area contributed by atoms with Gasteiger partial charge in [0.25, 0.3) is 5.56 Å². The quantitative estimate of drug-likeness (QED) is 0.349. The number of para-hydroxylation sites is 2. The molecule has 10 heteroatoms. The van der Waals surface area contributed by atoms with Gasteiger partial charge in [0.2, 0.25) is 11.7 Å². The Bertz CT molecular complexity index is 1890. The molecule has 3 aromatic carbocycles. The predicted molar refractivity (Wildman–Crippen MR) is 156 cm³/mol. The van der Waals surface area contributed by atoms with Gasteiger partial charge in [-0.1, -0.05) is 23.7 Å². The number of piperazine rings is 1. The van der Waals surface area contributed by atoms with Crippen molar-refractivity contribution in [2.24, 2.45) is 0 Å². The largest absolute Gasteiger partial charge is 0.369 e. The molecular weight excluding hydrogens is 512 g/mol. The summed E-state index contributed by atoms with van der Waals surface area (Å²) in [5.41, 5.74) is 4.57. The van der Waals surface area contributed by atoms with Crippen LogP contribution in [0.4, 0.5) is 17.3 Å². The first-order valence-corrected chi connectivity index (χ1v) is 13.2. The second-order valence-electron chi connectivity index (χ2n) is 9.75. The van der Waals surface area contributed by atoms with Crippen molar-refractivity contribution in [3.8, 4) is 5.69 Å². The first-order valence-electron chi connectivity index (χ1n) is 12.8. The molecule has 1 aliphatic heterocycles. The Hall–Kier alpha value is -4.47. The number of nitrogens with zero attached hydrogens (tertiary/aromatic N) is 7. The fraction of sp³-hybridized carbons (Fsp3) is 0.172. The zero-order chi connectivity index (χ0) is 26.5. The highest BCUT2D eigenvalue weighted by Gasteiger charge is 2.19. The normalized spacial score (nSPS) is 14.5. The van der Waals surface area contributed by atoms with E-state index in [4.69, 9.17) is 21.6 Å². The highest BCUT2D eigenvalue weighted by atomic mass is 35.5. The Morgan fingerprint density at radius 2 is 1.56 bits per heavy atom. The summed E-state index contributed by atoms with van der Waals surface area (Å²) in [6.07, 6.45) is 1.58. The van der Waals surface area contributed by atoms with Crippen LogP contribution < -0.4 is 15.8 Å². The minimum absolute atomic E-state index is 0.252. The minimum Gasteiger partial charge on any atom is -0.369 e. The molecule has 0 unspecified atom stereocenters. The van der Waals surface area contributed by atoms with Gasteiger partial charge in [0, 0.05) is 48.8 Å². The van der Waals surface area contributed by atoms with E-state index in [1.54, 1.807) is 35.0 Å². The molecular formula is C29H25ClN8O. The minimum atomic E-state index is -0.252. The van der Waals surface area contributed by atoms with Gasteiger partial charge < -0.3 is 15.1 Å². The van der Waals surface area contributed by atoms with Crippen LogP contribution in [0.25, 0.3) is 33.5 Å². The summed E-state index contributed by atoms with van der Waals surface area (Å²) in [6.45, 7) is 4.14. The van der Waals surface area contributed by atoms with Crippen molar-refractivity contribution in [3.63, 3.8) is 0 Å². The molecule has 0 saturated carbocycles. The molecule has 194 valence electrons. The van der Waals surface area contributed by atoms with Crippen LogP contribution in [0.15, 0.2) is 83.8 Å². The van der Waals surface area contributed by atoms with E-state index in [0.29, 0.717) is 33.5 Å². The molecule has 0 radical (unpaired) electrons. The molecule has 0 aliphatic carbocycles. The van der Waals surface area contributed by atoms with Crippen LogP contribution in [0.2, 0.25) is 5.02 Å². The number of hydrogen-bond acceptors (Lipinski definition) is 7. The lowest BCUT2D eigenvalue weighted by molar-refractivity contribution is 0.313.